The first-order valence-electron chi connectivity index (χ1n) is 4.85. The average Bonchev–Trinajstić information content (AvgIpc) is 2.86. The number of carbonyl (C=O) groups excluding carboxylic acids is 1. The van der Waals surface area contributed by atoms with Crippen LogP contribution < -0.4 is 0 Å². The number of nitriles is 1. The highest BCUT2D eigenvalue weighted by molar-refractivity contribution is 9.10. The summed E-state index contributed by atoms with van der Waals surface area (Å²) in [4.78, 5) is 15.1. The highest BCUT2D eigenvalue weighted by atomic mass is 79.9. The van der Waals surface area contributed by atoms with E-state index in [1.54, 1.807) is 18.2 Å². The third kappa shape index (κ3) is 2.38. The Labute approximate surface area is 111 Å². The minimum atomic E-state index is -0.607. The van der Waals surface area contributed by atoms with Gasteiger partial charge in [-0.05, 0) is 18.2 Å². The Balaban J connectivity index is 2.43. The van der Waals surface area contributed by atoms with E-state index in [0.717, 1.165) is 4.47 Å². The lowest BCUT2D eigenvalue weighted by molar-refractivity contribution is 0.0587. The Morgan fingerprint density at radius 1 is 1.50 bits per heavy atom. The van der Waals surface area contributed by atoms with E-state index in [0.29, 0.717) is 11.3 Å². The van der Waals surface area contributed by atoms with E-state index < -0.39 is 5.97 Å². The van der Waals surface area contributed by atoms with Gasteiger partial charge in [-0.15, -0.1) is 5.10 Å². The predicted octanol–water partition coefficient (Wildman–Crippen LogP) is 1.69. The van der Waals surface area contributed by atoms with Crippen LogP contribution in [-0.4, -0.2) is 27.8 Å². The summed E-state index contributed by atoms with van der Waals surface area (Å²) in [5.74, 6) is -0.639. The van der Waals surface area contributed by atoms with E-state index in [1.807, 2.05) is 6.07 Å². The average molecular weight is 307 g/mol. The Hall–Kier alpha value is -2.20. The first-order valence-corrected chi connectivity index (χ1v) is 5.64. The molecule has 0 amide bonds. The molecule has 0 aliphatic rings. The Bertz CT molecular complexity index is 645. The van der Waals surface area contributed by atoms with Gasteiger partial charge in [-0.3, -0.25) is 0 Å². The van der Waals surface area contributed by atoms with Gasteiger partial charge in [0.15, 0.2) is 0 Å². The summed E-state index contributed by atoms with van der Waals surface area (Å²) in [7, 11) is 1.26. The summed E-state index contributed by atoms with van der Waals surface area (Å²) >= 11 is 3.30. The van der Waals surface area contributed by atoms with Crippen LogP contribution in [0.5, 0.6) is 0 Å². The van der Waals surface area contributed by atoms with Crippen molar-refractivity contribution >= 4 is 21.9 Å². The zero-order valence-electron chi connectivity index (χ0n) is 9.29. The van der Waals surface area contributed by atoms with Crippen molar-refractivity contribution in [3.05, 3.63) is 40.4 Å². The number of benzene rings is 1. The molecule has 0 N–H and O–H groups in total. The lowest BCUT2D eigenvalue weighted by Gasteiger charge is -2.01. The van der Waals surface area contributed by atoms with Crippen molar-refractivity contribution in [1.29, 1.82) is 5.26 Å². The molecule has 0 unspecified atom stereocenters. The molecule has 2 aromatic rings. The number of hydrogen-bond donors (Lipinski definition) is 0. The molecular formula is C11H7BrN4O2. The fourth-order valence-electron chi connectivity index (χ4n) is 1.34. The van der Waals surface area contributed by atoms with Gasteiger partial charge in [0.2, 0.25) is 0 Å². The van der Waals surface area contributed by atoms with Crippen LogP contribution in [0.2, 0.25) is 0 Å². The Morgan fingerprint density at radius 3 is 2.94 bits per heavy atom. The van der Waals surface area contributed by atoms with E-state index in [9.17, 15) is 4.79 Å². The molecule has 0 saturated carbocycles. The fraction of sp³-hybridized carbons (Fsp3) is 0.0909. The van der Waals surface area contributed by atoms with Gasteiger partial charge in [0, 0.05) is 4.47 Å². The fourth-order valence-corrected chi connectivity index (χ4v) is 1.82. The molecule has 1 heterocycles. The van der Waals surface area contributed by atoms with E-state index >= 15 is 0 Å². The maximum absolute atomic E-state index is 11.2. The summed E-state index contributed by atoms with van der Waals surface area (Å²) in [5.41, 5.74) is 1.11. The number of nitrogens with zero attached hydrogens (tertiary/aromatic N) is 4. The van der Waals surface area contributed by atoms with Crippen LogP contribution in [0.15, 0.2) is 29.0 Å². The smallest absolute Gasteiger partial charge is 0.377 e. The summed E-state index contributed by atoms with van der Waals surface area (Å²) in [5, 5.41) is 12.8. The molecule has 0 bridgehead atoms. The van der Waals surface area contributed by atoms with Crippen molar-refractivity contribution in [2.45, 2.75) is 0 Å². The van der Waals surface area contributed by atoms with E-state index in [1.165, 1.54) is 18.1 Å². The van der Waals surface area contributed by atoms with Gasteiger partial charge in [0.1, 0.15) is 6.33 Å². The molecule has 0 fully saturated rings. The van der Waals surface area contributed by atoms with Crippen LogP contribution in [-0.2, 0) is 4.74 Å². The summed E-state index contributed by atoms with van der Waals surface area (Å²) < 4.78 is 6.66. The molecule has 1 aromatic heterocycles. The van der Waals surface area contributed by atoms with Gasteiger partial charge >= 0.3 is 5.97 Å². The number of rotatable bonds is 2. The molecule has 1 aromatic carbocycles. The van der Waals surface area contributed by atoms with Crippen LogP contribution in [0.25, 0.3) is 5.69 Å². The second kappa shape index (κ2) is 4.98. The number of carbonyl (C=O) groups is 1. The Morgan fingerprint density at radius 2 is 2.28 bits per heavy atom. The van der Waals surface area contributed by atoms with Crippen molar-refractivity contribution in [3.63, 3.8) is 0 Å². The molecule has 0 radical (unpaired) electrons. The van der Waals surface area contributed by atoms with Gasteiger partial charge in [0.05, 0.1) is 24.4 Å². The zero-order chi connectivity index (χ0) is 13.1. The maximum atomic E-state index is 11.2. The zero-order valence-corrected chi connectivity index (χ0v) is 10.9. The number of methoxy groups -OCH3 is 1. The van der Waals surface area contributed by atoms with Crippen molar-refractivity contribution in [2.75, 3.05) is 7.11 Å². The van der Waals surface area contributed by atoms with Crippen molar-refractivity contribution < 1.29 is 9.53 Å². The lowest BCUT2D eigenvalue weighted by Crippen LogP contribution is -2.05. The van der Waals surface area contributed by atoms with E-state index in [-0.39, 0.29) is 5.82 Å². The minimum Gasteiger partial charge on any atom is -0.463 e. The molecule has 0 aliphatic carbocycles. The summed E-state index contributed by atoms with van der Waals surface area (Å²) in [6.45, 7) is 0. The van der Waals surface area contributed by atoms with Crippen LogP contribution >= 0.6 is 15.9 Å². The van der Waals surface area contributed by atoms with Crippen molar-refractivity contribution in [1.82, 2.24) is 14.8 Å². The standard InChI is InChI=1S/C11H7BrN4O2/c1-18-11(17)10-14-6-16(15-10)9-3-7(5-13)2-8(12)4-9/h2-4,6H,1H3. The molecular weight excluding hydrogens is 300 g/mol. The highest BCUT2D eigenvalue weighted by Gasteiger charge is 2.12. The molecule has 2 rings (SSSR count). The van der Waals surface area contributed by atoms with E-state index in [2.05, 4.69) is 30.7 Å². The largest absolute Gasteiger partial charge is 0.463 e. The maximum Gasteiger partial charge on any atom is 0.377 e. The number of aromatic nitrogens is 3. The molecule has 0 atom stereocenters. The van der Waals surface area contributed by atoms with Gasteiger partial charge in [-0.2, -0.15) is 5.26 Å². The Kier molecular flexibility index (Phi) is 3.39. The molecule has 90 valence electrons. The molecule has 0 saturated heterocycles. The lowest BCUT2D eigenvalue weighted by atomic mass is 10.2. The second-order valence-corrected chi connectivity index (χ2v) is 4.23. The van der Waals surface area contributed by atoms with Crippen LogP contribution in [0, 0.1) is 11.3 Å². The number of halogens is 1. The van der Waals surface area contributed by atoms with Gasteiger partial charge in [-0.25, -0.2) is 14.5 Å². The van der Waals surface area contributed by atoms with Gasteiger partial charge in [-0.1, -0.05) is 15.9 Å². The SMILES string of the molecule is COC(=O)c1ncn(-c2cc(Br)cc(C#N)c2)n1. The van der Waals surface area contributed by atoms with Crippen molar-refractivity contribution in [2.24, 2.45) is 0 Å². The predicted molar refractivity (Wildman–Crippen MR) is 65.1 cm³/mol. The quantitative estimate of drug-likeness (QED) is 0.789. The number of esters is 1. The monoisotopic (exact) mass is 306 g/mol. The first kappa shape index (κ1) is 12.3. The topological polar surface area (TPSA) is 80.8 Å². The van der Waals surface area contributed by atoms with Crippen LogP contribution in [0.1, 0.15) is 16.2 Å². The molecule has 18 heavy (non-hydrogen) atoms. The summed E-state index contributed by atoms with van der Waals surface area (Å²) in [6, 6.07) is 7.12. The van der Waals surface area contributed by atoms with E-state index in [4.69, 9.17) is 5.26 Å². The minimum absolute atomic E-state index is 0.0315. The summed E-state index contributed by atoms with van der Waals surface area (Å²) in [6.07, 6.45) is 1.38. The van der Waals surface area contributed by atoms with Crippen molar-refractivity contribution in [3.8, 4) is 11.8 Å². The van der Waals surface area contributed by atoms with Crippen LogP contribution in [0.3, 0.4) is 0 Å². The second-order valence-electron chi connectivity index (χ2n) is 3.31. The molecule has 7 heteroatoms. The van der Waals surface area contributed by atoms with Gasteiger partial charge < -0.3 is 4.74 Å². The normalized spacial score (nSPS) is 9.83. The molecule has 0 aliphatic heterocycles. The third-order valence-electron chi connectivity index (χ3n) is 2.14. The first-order chi connectivity index (χ1) is 8.63. The third-order valence-corrected chi connectivity index (χ3v) is 2.59. The molecule has 0 spiro atoms. The highest BCUT2D eigenvalue weighted by Crippen LogP contribution is 2.18. The van der Waals surface area contributed by atoms with Gasteiger partial charge in [0.25, 0.3) is 5.82 Å². The van der Waals surface area contributed by atoms with Crippen LogP contribution in [0.4, 0.5) is 0 Å². The number of ether oxygens (including phenoxy) is 1. The molecule has 6 nitrogen and oxygen atoms in total. The number of hydrogen-bond acceptors (Lipinski definition) is 5.